The highest BCUT2D eigenvalue weighted by Gasteiger charge is 2.27. The van der Waals surface area contributed by atoms with Crippen LogP contribution in [0.4, 0.5) is 17.8 Å². The summed E-state index contributed by atoms with van der Waals surface area (Å²) < 4.78 is 13.0. The predicted octanol–water partition coefficient (Wildman–Crippen LogP) is 3.11. The molecule has 32 heavy (non-hydrogen) atoms. The van der Waals surface area contributed by atoms with Gasteiger partial charge >= 0.3 is 6.01 Å². The first-order valence-electron chi connectivity index (χ1n) is 10.6. The first-order chi connectivity index (χ1) is 15.6. The number of fused-ring (bicyclic) bond motifs is 1. The third kappa shape index (κ3) is 3.52. The number of anilines is 3. The number of ether oxygens (including phenoxy) is 1. The van der Waals surface area contributed by atoms with Crippen LogP contribution in [0, 0.1) is 13.8 Å². The third-order valence-corrected chi connectivity index (χ3v) is 5.96. The molecule has 2 N–H and O–H groups in total. The molecule has 166 valence electrons. The Kier molecular flexibility index (Phi) is 5.14. The van der Waals surface area contributed by atoms with E-state index in [1.165, 1.54) is 0 Å². The third-order valence-electron chi connectivity index (χ3n) is 5.96. The Labute approximate surface area is 184 Å². The molecule has 1 aliphatic rings. The first-order valence-corrected chi connectivity index (χ1v) is 10.6. The minimum Gasteiger partial charge on any atom is -0.496 e. The van der Waals surface area contributed by atoms with Crippen molar-refractivity contribution in [2.45, 2.75) is 32.7 Å². The zero-order chi connectivity index (χ0) is 22.2. The van der Waals surface area contributed by atoms with Crippen LogP contribution in [0.2, 0.25) is 0 Å². The van der Waals surface area contributed by atoms with Gasteiger partial charge in [-0.05, 0) is 62.1 Å². The van der Waals surface area contributed by atoms with E-state index >= 15 is 0 Å². The fourth-order valence-corrected chi connectivity index (χ4v) is 4.14. The fraction of sp³-hybridized carbons (Fsp3) is 0.364. The molecule has 3 aromatic heterocycles. The molecule has 5 rings (SSSR count). The molecule has 10 heteroatoms. The normalized spacial score (nSPS) is 16.1. The second kappa shape index (κ2) is 8.12. The summed E-state index contributed by atoms with van der Waals surface area (Å²) >= 11 is 0. The zero-order valence-corrected chi connectivity index (χ0v) is 18.2. The van der Waals surface area contributed by atoms with E-state index in [0.717, 1.165) is 53.2 Å². The van der Waals surface area contributed by atoms with E-state index in [9.17, 15) is 5.11 Å². The first kappa shape index (κ1) is 20.3. The molecule has 1 aromatic carbocycles. The van der Waals surface area contributed by atoms with Crippen LogP contribution in [-0.4, -0.2) is 56.2 Å². The molecule has 0 bridgehead atoms. The Hall–Kier alpha value is -3.66. The number of methoxy groups -OCH3 is 1. The molecule has 1 atom stereocenters. The van der Waals surface area contributed by atoms with Crippen molar-refractivity contribution in [3.8, 4) is 17.2 Å². The molecule has 4 aromatic rings. The number of benzene rings is 1. The van der Waals surface area contributed by atoms with Gasteiger partial charge in [-0.15, -0.1) is 10.2 Å². The van der Waals surface area contributed by atoms with Crippen molar-refractivity contribution in [3.05, 3.63) is 41.6 Å². The van der Waals surface area contributed by atoms with Crippen LogP contribution in [0.3, 0.4) is 0 Å². The number of aromatic nitrogens is 5. The lowest BCUT2D eigenvalue weighted by Gasteiger charge is -2.25. The van der Waals surface area contributed by atoms with Crippen molar-refractivity contribution in [2.75, 3.05) is 30.5 Å². The lowest BCUT2D eigenvalue weighted by molar-refractivity contribution is 0.266. The van der Waals surface area contributed by atoms with E-state index in [-0.39, 0.29) is 18.7 Å². The van der Waals surface area contributed by atoms with Gasteiger partial charge in [0.2, 0.25) is 5.89 Å². The van der Waals surface area contributed by atoms with Gasteiger partial charge in [0.05, 0.1) is 19.8 Å². The number of nitrogens with zero attached hydrogens (tertiary/aromatic N) is 6. The predicted molar refractivity (Wildman–Crippen MR) is 119 cm³/mol. The lowest BCUT2D eigenvalue weighted by Crippen LogP contribution is -2.33. The molecule has 0 amide bonds. The summed E-state index contributed by atoms with van der Waals surface area (Å²) in [7, 11) is 1.64. The van der Waals surface area contributed by atoms with E-state index < -0.39 is 0 Å². The Balaban J connectivity index is 1.46. The van der Waals surface area contributed by atoms with Crippen molar-refractivity contribution >= 4 is 23.3 Å². The maximum Gasteiger partial charge on any atom is 0.322 e. The Morgan fingerprint density at radius 2 is 2.16 bits per heavy atom. The number of aryl methyl sites for hydroxylation is 1. The summed E-state index contributed by atoms with van der Waals surface area (Å²) in [6, 6.07) is 7.98. The number of hydrogen-bond acceptors (Lipinski definition) is 9. The molecule has 0 aliphatic carbocycles. The minimum atomic E-state index is 0.0474. The van der Waals surface area contributed by atoms with E-state index in [1.54, 1.807) is 11.6 Å². The second-order valence-electron chi connectivity index (χ2n) is 7.93. The second-order valence-corrected chi connectivity index (χ2v) is 7.93. The van der Waals surface area contributed by atoms with Gasteiger partial charge in [-0.25, -0.2) is 4.52 Å². The smallest absolute Gasteiger partial charge is 0.322 e. The van der Waals surface area contributed by atoms with Crippen LogP contribution in [0.15, 0.2) is 34.9 Å². The van der Waals surface area contributed by atoms with Crippen molar-refractivity contribution in [3.63, 3.8) is 0 Å². The molecule has 1 fully saturated rings. The number of nitrogens with one attached hydrogen (secondary N) is 1. The molecule has 0 radical (unpaired) electrons. The largest absolute Gasteiger partial charge is 0.496 e. The Bertz CT molecular complexity index is 1270. The van der Waals surface area contributed by atoms with Crippen molar-refractivity contribution in [1.29, 1.82) is 0 Å². The SMILES string of the molecule is COc1cc(-c2nnc(Nc3nc(N4CCC[C@H]4CO)c4cccn4n3)o2)cc(C)c1C. The van der Waals surface area contributed by atoms with Crippen LogP contribution in [0.25, 0.3) is 17.0 Å². The molecule has 0 saturated carbocycles. The maximum absolute atomic E-state index is 9.76. The molecule has 0 unspecified atom stereocenters. The van der Waals surface area contributed by atoms with Crippen LogP contribution in [0.5, 0.6) is 5.75 Å². The summed E-state index contributed by atoms with van der Waals surface area (Å²) in [6.07, 6.45) is 3.80. The minimum absolute atomic E-state index is 0.0474. The van der Waals surface area contributed by atoms with Crippen LogP contribution >= 0.6 is 0 Å². The number of hydrogen-bond donors (Lipinski definition) is 2. The average molecular weight is 435 g/mol. The summed E-state index contributed by atoms with van der Waals surface area (Å²) in [5, 5.41) is 25.6. The number of rotatable bonds is 6. The van der Waals surface area contributed by atoms with Crippen molar-refractivity contribution in [2.24, 2.45) is 0 Å². The highest BCUT2D eigenvalue weighted by molar-refractivity contribution is 5.71. The van der Waals surface area contributed by atoms with Gasteiger partial charge in [0, 0.05) is 18.3 Å². The molecule has 0 spiro atoms. The Morgan fingerprint density at radius 3 is 2.97 bits per heavy atom. The maximum atomic E-state index is 9.76. The zero-order valence-electron chi connectivity index (χ0n) is 18.2. The lowest BCUT2D eigenvalue weighted by atomic mass is 10.0. The summed E-state index contributed by atoms with van der Waals surface area (Å²) in [5.41, 5.74) is 3.79. The topological polar surface area (TPSA) is 114 Å². The van der Waals surface area contributed by atoms with Gasteiger partial charge in [-0.2, -0.15) is 4.98 Å². The average Bonchev–Trinajstić information content (AvgIpc) is 3.55. The quantitative estimate of drug-likeness (QED) is 0.471. The van der Waals surface area contributed by atoms with Gasteiger partial charge in [0.1, 0.15) is 11.3 Å². The number of aliphatic hydroxyl groups is 1. The van der Waals surface area contributed by atoms with Crippen LogP contribution < -0.4 is 15.0 Å². The van der Waals surface area contributed by atoms with E-state index in [2.05, 4.69) is 25.5 Å². The van der Waals surface area contributed by atoms with E-state index in [4.69, 9.17) is 14.1 Å². The van der Waals surface area contributed by atoms with E-state index in [1.807, 2.05) is 44.3 Å². The highest BCUT2D eigenvalue weighted by Crippen LogP contribution is 2.31. The number of aliphatic hydroxyl groups excluding tert-OH is 1. The molecule has 4 heterocycles. The standard InChI is InChI=1S/C22H25N7O3/c1-13-10-15(11-18(31-3)14(13)2)20-25-26-22(32-20)24-21-23-19(17-7-5-9-29(17)27-21)28-8-4-6-16(28)12-30/h5,7,9-11,16,30H,4,6,8,12H2,1-3H3,(H,24,26,27)/t16-/m0/s1. The summed E-state index contributed by atoms with van der Waals surface area (Å²) in [5.74, 6) is 2.24. The monoisotopic (exact) mass is 435 g/mol. The molecule has 10 nitrogen and oxygen atoms in total. The molecule has 1 saturated heterocycles. The van der Waals surface area contributed by atoms with Gasteiger partial charge < -0.3 is 19.2 Å². The van der Waals surface area contributed by atoms with Gasteiger partial charge in [-0.1, -0.05) is 5.10 Å². The highest BCUT2D eigenvalue weighted by atomic mass is 16.5. The summed E-state index contributed by atoms with van der Waals surface area (Å²) in [6.45, 7) is 4.94. The van der Waals surface area contributed by atoms with Crippen LogP contribution in [0.1, 0.15) is 24.0 Å². The van der Waals surface area contributed by atoms with Crippen molar-refractivity contribution in [1.82, 2.24) is 24.8 Å². The molecule has 1 aliphatic heterocycles. The fourth-order valence-electron chi connectivity index (χ4n) is 4.14. The Morgan fingerprint density at radius 1 is 1.28 bits per heavy atom. The molecular weight excluding hydrogens is 410 g/mol. The summed E-state index contributed by atoms with van der Waals surface area (Å²) in [4.78, 5) is 6.84. The van der Waals surface area contributed by atoms with Gasteiger partial charge in [0.15, 0.2) is 5.82 Å². The van der Waals surface area contributed by atoms with Gasteiger partial charge in [0.25, 0.3) is 5.95 Å². The van der Waals surface area contributed by atoms with Gasteiger partial charge in [-0.3, -0.25) is 5.32 Å². The molecular formula is C22H25N7O3. The van der Waals surface area contributed by atoms with Crippen LogP contribution in [-0.2, 0) is 0 Å². The van der Waals surface area contributed by atoms with Crippen molar-refractivity contribution < 1.29 is 14.3 Å². The van der Waals surface area contributed by atoms with E-state index in [0.29, 0.717) is 11.8 Å².